The fourth-order valence-electron chi connectivity index (χ4n) is 2.93. The number of unbranched alkanes of at least 4 members (excludes halogenated alkanes) is 1. The first-order valence-corrected chi connectivity index (χ1v) is 6.40. The zero-order chi connectivity index (χ0) is 11.3. The fraction of sp³-hybridized carbons (Fsp3) is 0.857. The van der Waals surface area contributed by atoms with Crippen molar-refractivity contribution in [3.05, 3.63) is 12.2 Å². The first kappa shape index (κ1) is 12.7. The standard InChI is InChI=1S/C14H25F/c1-11(2)13-9-6-7-12(3)14(13)8-4-5-10-15/h11,13-14H,3-10H2,1-2H3. The summed E-state index contributed by atoms with van der Waals surface area (Å²) in [6, 6.07) is 0. The van der Waals surface area contributed by atoms with E-state index in [1.807, 2.05) is 0 Å². The molecule has 0 bridgehead atoms. The molecule has 1 aliphatic carbocycles. The molecule has 88 valence electrons. The highest BCUT2D eigenvalue weighted by atomic mass is 19.1. The molecule has 1 rings (SSSR count). The van der Waals surface area contributed by atoms with Gasteiger partial charge >= 0.3 is 0 Å². The molecule has 2 unspecified atom stereocenters. The molecule has 1 aliphatic rings. The van der Waals surface area contributed by atoms with E-state index < -0.39 is 0 Å². The zero-order valence-corrected chi connectivity index (χ0v) is 10.3. The Kier molecular flexibility index (Phi) is 5.35. The van der Waals surface area contributed by atoms with Crippen molar-refractivity contribution in [2.24, 2.45) is 17.8 Å². The molecule has 0 aliphatic heterocycles. The van der Waals surface area contributed by atoms with Crippen LogP contribution in [0.15, 0.2) is 12.2 Å². The quantitative estimate of drug-likeness (QED) is 0.455. The lowest BCUT2D eigenvalue weighted by molar-refractivity contribution is 0.216. The first-order chi connectivity index (χ1) is 7.16. The van der Waals surface area contributed by atoms with Crippen molar-refractivity contribution in [2.75, 3.05) is 6.67 Å². The van der Waals surface area contributed by atoms with Gasteiger partial charge in [-0.1, -0.05) is 32.4 Å². The molecule has 0 aromatic rings. The Morgan fingerprint density at radius 1 is 1.40 bits per heavy atom. The molecule has 0 radical (unpaired) electrons. The molecular weight excluding hydrogens is 187 g/mol. The second kappa shape index (κ2) is 6.30. The minimum Gasteiger partial charge on any atom is -0.251 e. The van der Waals surface area contributed by atoms with Crippen molar-refractivity contribution in [1.29, 1.82) is 0 Å². The predicted octanol–water partition coefficient (Wildman–Crippen LogP) is 4.75. The summed E-state index contributed by atoms with van der Waals surface area (Å²) in [6.45, 7) is 8.67. The highest BCUT2D eigenvalue weighted by Crippen LogP contribution is 2.40. The van der Waals surface area contributed by atoms with Gasteiger partial charge in [0.25, 0.3) is 0 Å². The van der Waals surface area contributed by atoms with E-state index in [9.17, 15) is 4.39 Å². The van der Waals surface area contributed by atoms with Gasteiger partial charge in [0.1, 0.15) is 0 Å². The van der Waals surface area contributed by atoms with Gasteiger partial charge in [-0.15, -0.1) is 0 Å². The summed E-state index contributed by atoms with van der Waals surface area (Å²) in [4.78, 5) is 0. The van der Waals surface area contributed by atoms with E-state index in [1.165, 1.54) is 24.8 Å². The van der Waals surface area contributed by atoms with Gasteiger partial charge in [0, 0.05) is 0 Å². The lowest BCUT2D eigenvalue weighted by Crippen LogP contribution is -2.25. The van der Waals surface area contributed by atoms with E-state index in [0.717, 1.165) is 31.1 Å². The van der Waals surface area contributed by atoms with E-state index >= 15 is 0 Å². The van der Waals surface area contributed by atoms with Crippen molar-refractivity contribution < 1.29 is 4.39 Å². The van der Waals surface area contributed by atoms with Gasteiger partial charge in [-0.2, -0.15) is 0 Å². The molecule has 0 amide bonds. The number of hydrogen-bond acceptors (Lipinski definition) is 0. The molecule has 0 aromatic heterocycles. The minimum atomic E-state index is -0.161. The van der Waals surface area contributed by atoms with Crippen LogP contribution in [-0.4, -0.2) is 6.67 Å². The van der Waals surface area contributed by atoms with Crippen molar-refractivity contribution in [3.63, 3.8) is 0 Å². The Morgan fingerprint density at radius 3 is 2.73 bits per heavy atom. The van der Waals surface area contributed by atoms with Crippen molar-refractivity contribution in [1.82, 2.24) is 0 Å². The summed E-state index contributed by atoms with van der Waals surface area (Å²) >= 11 is 0. The Morgan fingerprint density at radius 2 is 2.13 bits per heavy atom. The van der Waals surface area contributed by atoms with Gasteiger partial charge < -0.3 is 0 Å². The number of halogens is 1. The number of hydrogen-bond donors (Lipinski definition) is 0. The fourth-order valence-corrected chi connectivity index (χ4v) is 2.93. The van der Waals surface area contributed by atoms with Crippen LogP contribution >= 0.6 is 0 Å². The van der Waals surface area contributed by atoms with E-state index in [0.29, 0.717) is 5.92 Å². The predicted molar refractivity (Wildman–Crippen MR) is 64.6 cm³/mol. The van der Waals surface area contributed by atoms with Gasteiger partial charge in [0.05, 0.1) is 6.67 Å². The van der Waals surface area contributed by atoms with E-state index in [-0.39, 0.29) is 6.67 Å². The second-order valence-electron chi connectivity index (χ2n) is 5.25. The largest absolute Gasteiger partial charge is 0.251 e. The van der Waals surface area contributed by atoms with Crippen LogP contribution in [0, 0.1) is 17.8 Å². The second-order valence-corrected chi connectivity index (χ2v) is 5.25. The molecule has 2 atom stereocenters. The van der Waals surface area contributed by atoms with Crippen LogP contribution < -0.4 is 0 Å². The van der Waals surface area contributed by atoms with Gasteiger partial charge in [0.2, 0.25) is 0 Å². The average molecular weight is 212 g/mol. The summed E-state index contributed by atoms with van der Waals surface area (Å²) in [5, 5.41) is 0. The van der Waals surface area contributed by atoms with Crippen LogP contribution in [0.25, 0.3) is 0 Å². The molecular formula is C14H25F. The molecule has 1 saturated carbocycles. The molecule has 0 N–H and O–H groups in total. The molecule has 0 aromatic carbocycles. The Bertz CT molecular complexity index is 196. The van der Waals surface area contributed by atoms with Crippen LogP contribution in [-0.2, 0) is 0 Å². The number of alkyl halides is 1. The molecule has 0 spiro atoms. The third-order valence-electron chi connectivity index (χ3n) is 3.83. The molecule has 0 nitrogen and oxygen atoms in total. The Hall–Kier alpha value is -0.330. The van der Waals surface area contributed by atoms with Gasteiger partial charge in [0.15, 0.2) is 0 Å². The number of allylic oxidation sites excluding steroid dienone is 1. The third kappa shape index (κ3) is 3.62. The minimum absolute atomic E-state index is 0.161. The van der Waals surface area contributed by atoms with Crippen molar-refractivity contribution in [2.45, 2.75) is 52.4 Å². The number of rotatable bonds is 5. The summed E-state index contributed by atoms with van der Waals surface area (Å²) in [7, 11) is 0. The van der Waals surface area contributed by atoms with Crippen LogP contribution in [0.1, 0.15) is 52.4 Å². The summed E-state index contributed by atoms with van der Waals surface area (Å²) in [6.07, 6.45) is 6.77. The van der Waals surface area contributed by atoms with Crippen LogP contribution in [0.4, 0.5) is 4.39 Å². The van der Waals surface area contributed by atoms with E-state index in [2.05, 4.69) is 20.4 Å². The molecule has 15 heavy (non-hydrogen) atoms. The van der Waals surface area contributed by atoms with Gasteiger partial charge in [-0.05, 0) is 49.9 Å². The average Bonchev–Trinajstić information content (AvgIpc) is 2.20. The van der Waals surface area contributed by atoms with E-state index in [4.69, 9.17) is 0 Å². The maximum Gasteiger partial charge on any atom is 0.0894 e. The molecule has 0 heterocycles. The Labute approximate surface area is 94.0 Å². The van der Waals surface area contributed by atoms with Crippen molar-refractivity contribution in [3.8, 4) is 0 Å². The van der Waals surface area contributed by atoms with Crippen molar-refractivity contribution >= 4 is 0 Å². The molecule has 1 fully saturated rings. The third-order valence-corrected chi connectivity index (χ3v) is 3.83. The molecule has 0 saturated heterocycles. The first-order valence-electron chi connectivity index (χ1n) is 6.40. The zero-order valence-electron chi connectivity index (χ0n) is 10.3. The van der Waals surface area contributed by atoms with E-state index in [1.54, 1.807) is 0 Å². The summed E-state index contributed by atoms with van der Waals surface area (Å²) in [5.41, 5.74) is 1.43. The SMILES string of the molecule is C=C1CCCC(C(C)C)C1CCCCF. The highest BCUT2D eigenvalue weighted by molar-refractivity contribution is 5.06. The molecule has 1 heteroatoms. The van der Waals surface area contributed by atoms with Crippen LogP contribution in [0.3, 0.4) is 0 Å². The topological polar surface area (TPSA) is 0 Å². The smallest absolute Gasteiger partial charge is 0.0894 e. The maximum atomic E-state index is 12.1. The van der Waals surface area contributed by atoms with Crippen LogP contribution in [0.2, 0.25) is 0 Å². The lowest BCUT2D eigenvalue weighted by Gasteiger charge is -2.36. The summed E-state index contributed by atoms with van der Waals surface area (Å²) in [5.74, 6) is 2.22. The Balaban J connectivity index is 2.49. The summed E-state index contributed by atoms with van der Waals surface area (Å²) < 4.78 is 12.1. The maximum absolute atomic E-state index is 12.1. The van der Waals surface area contributed by atoms with Gasteiger partial charge in [-0.25, -0.2) is 0 Å². The highest BCUT2D eigenvalue weighted by Gasteiger charge is 2.29. The van der Waals surface area contributed by atoms with Gasteiger partial charge in [-0.3, -0.25) is 4.39 Å². The monoisotopic (exact) mass is 212 g/mol. The van der Waals surface area contributed by atoms with Crippen LogP contribution in [0.5, 0.6) is 0 Å². The normalized spacial score (nSPS) is 27.3. The lowest BCUT2D eigenvalue weighted by atomic mass is 9.69.